The zero-order valence-electron chi connectivity index (χ0n) is 23.8. The number of fused-ring (bicyclic) bond motifs is 3. The lowest BCUT2D eigenvalue weighted by atomic mass is 9.97. The summed E-state index contributed by atoms with van der Waals surface area (Å²) in [5.74, 6) is -0.494. The maximum absolute atomic E-state index is 13.3. The monoisotopic (exact) mass is 628 g/mol. The number of phenols is 1. The fourth-order valence-electron chi connectivity index (χ4n) is 5.38. The van der Waals surface area contributed by atoms with E-state index in [2.05, 4.69) is 0 Å². The molecular weight excluding hydrogens is 604 g/mol. The van der Waals surface area contributed by atoms with Gasteiger partial charge in [0.05, 0.1) is 17.2 Å². The number of aliphatic hydroxyl groups excluding tert-OH is 3. The van der Waals surface area contributed by atoms with Crippen LogP contribution in [0.25, 0.3) is 44.0 Å². The Morgan fingerprint density at radius 1 is 0.652 bits per heavy atom. The van der Waals surface area contributed by atoms with Gasteiger partial charge in [0.2, 0.25) is 12.0 Å². The molecular formula is C33H24O13. The Balaban J connectivity index is 1.37. The highest BCUT2D eigenvalue weighted by Crippen LogP contribution is 2.45. The van der Waals surface area contributed by atoms with Gasteiger partial charge >= 0.3 is 16.9 Å². The van der Waals surface area contributed by atoms with E-state index in [1.165, 1.54) is 55.5 Å². The molecule has 0 bridgehead atoms. The quantitative estimate of drug-likeness (QED) is 0.203. The highest BCUT2D eigenvalue weighted by Gasteiger charge is 2.43. The molecule has 13 heteroatoms. The fraction of sp³-hybridized carbons (Fsp3) is 0.182. The number of phenolic OH excluding ortho intramolecular Hbond substituents is 1. The normalized spacial score (nSPS) is 21.5. The summed E-state index contributed by atoms with van der Waals surface area (Å²) in [6.07, 6.45) is -7.08. The number of hydrogen-bond donors (Lipinski definition) is 4. The molecule has 5 atom stereocenters. The van der Waals surface area contributed by atoms with E-state index in [1.807, 2.05) is 0 Å². The summed E-state index contributed by atoms with van der Waals surface area (Å²) < 4.78 is 33.8. The van der Waals surface area contributed by atoms with Crippen LogP contribution in [0.4, 0.5) is 0 Å². The van der Waals surface area contributed by atoms with Gasteiger partial charge in [-0.25, -0.2) is 14.4 Å². The van der Waals surface area contributed by atoms with E-state index >= 15 is 0 Å². The molecule has 4 N–H and O–H groups in total. The summed E-state index contributed by atoms with van der Waals surface area (Å²) in [7, 11) is 0. The largest absolute Gasteiger partial charge is 0.507 e. The van der Waals surface area contributed by atoms with Gasteiger partial charge in [0.1, 0.15) is 46.7 Å². The molecule has 46 heavy (non-hydrogen) atoms. The Hall–Kier alpha value is -5.47. The average molecular weight is 629 g/mol. The SMILES string of the molecule is C[C@H]1O[C@@H](Oc2ccc3ccc(=O)oc3c2-c2c(O)ccc3cc(Oc4ccc5ccc(=O)oc5c4)c(=O)oc23)[C@H](O)[C@H](O)[C@H]1O. The van der Waals surface area contributed by atoms with Crippen molar-refractivity contribution < 1.29 is 47.9 Å². The summed E-state index contributed by atoms with van der Waals surface area (Å²) in [5.41, 5.74) is -2.26. The second-order valence-corrected chi connectivity index (χ2v) is 10.7. The maximum Gasteiger partial charge on any atom is 0.379 e. The molecule has 4 heterocycles. The molecule has 0 unspecified atom stereocenters. The third-order valence-electron chi connectivity index (χ3n) is 7.72. The Kier molecular flexibility index (Phi) is 7.09. The van der Waals surface area contributed by atoms with Gasteiger partial charge in [-0.1, -0.05) is 0 Å². The lowest BCUT2D eigenvalue weighted by molar-refractivity contribution is -0.268. The minimum Gasteiger partial charge on any atom is -0.507 e. The van der Waals surface area contributed by atoms with E-state index < -0.39 is 47.6 Å². The van der Waals surface area contributed by atoms with Crippen molar-refractivity contribution in [2.45, 2.75) is 37.6 Å². The molecule has 7 rings (SSSR count). The number of aliphatic hydroxyl groups is 3. The molecule has 1 aliphatic rings. The molecule has 234 valence electrons. The van der Waals surface area contributed by atoms with Gasteiger partial charge in [-0.2, -0.15) is 0 Å². The highest BCUT2D eigenvalue weighted by molar-refractivity contribution is 6.05. The molecule has 1 fully saturated rings. The standard InChI is InChI=1S/C33H24O13/c1-14-27(37)28(38)29(39)33(41-14)44-20-9-4-16-6-11-24(36)45-30(16)26(20)25-19(34)8-3-17-12-22(32(40)46-31(17)25)42-18-7-2-15-5-10-23(35)43-21(15)13-18/h2-14,27-29,33-34,37-39H,1H3/t14-,27+,28-,29-,33+/m1/s1. The molecule has 0 radical (unpaired) electrons. The zero-order valence-corrected chi connectivity index (χ0v) is 23.8. The van der Waals surface area contributed by atoms with Crippen LogP contribution < -0.4 is 26.4 Å². The first kappa shape index (κ1) is 29.3. The van der Waals surface area contributed by atoms with Crippen molar-refractivity contribution in [2.75, 3.05) is 0 Å². The molecule has 3 aromatic heterocycles. The second-order valence-electron chi connectivity index (χ2n) is 10.7. The third kappa shape index (κ3) is 5.06. The van der Waals surface area contributed by atoms with E-state index in [0.717, 1.165) is 0 Å². The topological polar surface area (TPSA) is 199 Å². The summed E-state index contributed by atoms with van der Waals surface area (Å²) >= 11 is 0. The van der Waals surface area contributed by atoms with Gasteiger partial charge in [0.15, 0.2) is 5.58 Å². The predicted molar refractivity (Wildman–Crippen MR) is 161 cm³/mol. The predicted octanol–water partition coefficient (Wildman–Crippen LogP) is 3.38. The first-order valence-electron chi connectivity index (χ1n) is 14.0. The minimum absolute atomic E-state index is 0.0243. The first-order valence-corrected chi connectivity index (χ1v) is 14.0. The van der Waals surface area contributed by atoms with Gasteiger partial charge in [-0.05, 0) is 61.5 Å². The highest BCUT2D eigenvalue weighted by atomic mass is 16.7. The lowest BCUT2D eigenvalue weighted by Gasteiger charge is -2.39. The lowest BCUT2D eigenvalue weighted by Crippen LogP contribution is -2.58. The second kappa shape index (κ2) is 11.2. The molecule has 0 spiro atoms. The maximum atomic E-state index is 13.3. The summed E-state index contributed by atoms with van der Waals surface area (Å²) in [6, 6.07) is 17.4. The smallest absolute Gasteiger partial charge is 0.379 e. The summed E-state index contributed by atoms with van der Waals surface area (Å²) in [5, 5.41) is 43.6. The van der Waals surface area contributed by atoms with E-state index in [9.17, 15) is 34.8 Å². The van der Waals surface area contributed by atoms with Crippen molar-refractivity contribution in [1.29, 1.82) is 0 Å². The van der Waals surface area contributed by atoms with Crippen molar-refractivity contribution in [3.8, 4) is 34.1 Å². The first-order chi connectivity index (χ1) is 22.1. The van der Waals surface area contributed by atoms with Crippen LogP contribution in [0.3, 0.4) is 0 Å². The fourth-order valence-corrected chi connectivity index (χ4v) is 5.38. The van der Waals surface area contributed by atoms with Gasteiger partial charge in [-0.15, -0.1) is 0 Å². The van der Waals surface area contributed by atoms with Crippen LogP contribution in [0.2, 0.25) is 0 Å². The van der Waals surface area contributed by atoms with E-state index in [0.29, 0.717) is 10.8 Å². The number of ether oxygens (including phenoxy) is 3. The van der Waals surface area contributed by atoms with Crippen molar-refractivity contribution >= 4 is 32.9 Å². The van der Waals surface area contributed by atoms with Crippen molar-refractivity contribution in [2.24, 2.45) is 0 Å². The summed E-state index contributed by atoms with van der Waals surface area (Å²) in [4.78, 5) is 37.3. The Morgan fingerprint density at radius 3 is 2.13 bits per heavy atom. The Labute approximate surface area is 256 Å². The van der Waals surface area contributed by atoms with Gasteiger partial charge in [-0.3, -0.25) is 0 Å². The molecule has 13 nitrogen and oxygen atoms in total. The van der Waals surface area contributed by atoms with E-state index in [-0.39, 0.29) is 56.3 Å². The van der Waals surface area contributed by atoms with Crippen LogP contribution >= 0.6 is 0 Å². The number of aromatic hydroxyl groups is 1. The number of hydrogen-bond acceptors (Lipinski definition) is 13. The Bertz CT molecular complexity index is 2320. The number of rotatable bonds is 5. The molecule has 1 aliphatic heterocycles. The van der Waals surface area contributed by atoms with Crippen LogP contribution in [-0.2, 0) is 4.74 Å². The van der Waals surface area contributed by atoms with Crippen LogP contribution in [0.15, 0.2) is 100 Å². The average Bonchev–Trinajstić information content (AvgIpc) is 3.03. The summed E-state index contributed by atoms with van der Waals surface area (Å²) in [6.45, 7) is 1.48. The molecule has 0 aliphatic carbocycles. The Morgan fingerprint density at radius 2 is 1.33 bits per heavy atom. The zero-order chi connectivity index (χ0) is 32.3. The number of benzene rings is 3. The van der Waals surface area contributed by atoms with Crippen LogP contribution in [0.1, 0.15) is 6.92 Å². The molecule has 1 saturated heterocycles. The van der Waals surface area contributed by atoms with E-state index in [1.54, 1.807) is 24.3 Å². The molecule has 0 amide bonds. The van der Waals surface area contributed by atoms with E-state index in [4.69, 9.17) is 27.5 Å². The van der Waals surface area contributed by atoms with Crippen LogP contribution in [0.5, 0.6) is 23.0 Å². The molecule has 0 saturated carbocycles. The van der Waals surface area contributed by atoms with Gasteiger partial charge < -0.3 is 47.9 Å². The molecule has 6 aromatic rings. The van der Waals surface area contributed by atoms with Crippen LogP contribution in [0, 0.1) is 0 Å². The van der Waals surface area contributed by atoms with Crippen molar-refractivity contribution in [1.82, 2.24) is 0 Å². The molecule has 3 aromatic carbocycles. The minimum atomic E-state index is -1.68. The van der Waals surface area contributed by atoms with Crippen molar-refractivity contribution in [3.05, 3.63) is 104 Å². The van der Waals surface area contributed by atoms with Crippen LogP contribution in [-0.4, -0.2) is 51.1 Å². The van der Waals surface area contributed by atoms with Crippen molar-refractivity contribution in [3.63, 3.8) is 0 Å². The third-order valence-corrected chi connectivity index (χ3v) is 7.72. The van der Waals surface area contributed by atoms with Gasteiger partial charge in [0.25, 0.3) is 0 Å². The van der Waals surface area contributed by atoms with Gasteiger partial charge in [0, 0.05) is 34.4 Å².